The molecule has 2 aromatic rings. The maximum absolute atomic E-state index is 12.9. The molecule has 3 aliphatic rings. The summed E-state index contributed by atoms with van der Waals surface area (Å²) < 4.78 is 22.0. The molecule has 238 valence electrons. The van der Waals surface area contributed by atoms with Gasteiger partial charge in [-0.15, -0.1) is 11.8 Å². The van der Waals surface area contributed by atoms with Crippen molar-refractivity contribution in [3.8, 4) is 11.5 Å². The van der Waals surface area contributed by atoms with E-state index in [1.165, 1.54) is 25.1 Å². The third-order valence-corrected chi connectivity index (χ3v) is 8.87. The van der Waals surface area contributed by atoms with E-state index in [0.29, 0.717) is 11.3 Å². The van der Waals surface area contributed by atoms with Gasteiger partial charge >= 0.3 is 0 Å². The molecule has 0 bridgehead atoms. The highest BCUT2D eigenvalue weighted by atomic mass is 32.2. The van der Waals surface area contributed by atoms with E-state index in [2.05, 4.69) is 5.32 Å². The average Bonchev–Trinajstić information content (AvgIpc) is 3.61. The molecule has 2 saturated heterocycles. The van der Waals surface area contributed by atoms with Crippen molar-refractivity contribution in [2.75, 3.05) is 12.5 Å². The molecule has 13 heteroatoms. The summed E-state index contributed by atoms with van der Waals surface area (Å²) in [5, 5.41) is 65.7. The zero-order valence-electron chi connectivity index (χ0n) is 24.1. The Kier molecular flexibility index (Phi) is 10.3. The normalized spacial score (nSPS) is 34.1. The fourth-order valence-corrected chi connectivity index (χ4v) is 6.30. The van der Waals surface area contributed by atoms with Crippen LogP contribution in [0.4, 0.5) is 0 Å². The first kappa shape index (κ1) is 32.4. The van der Waals surface area contributed by atoms with E-state index >= 15 is 0 Å². The summed E-state index contributed by atoms with van der Waals surface area (Å²) in [5.74, 6) is -0.271. The predicted octanol–water partition coefficient (Wildman–Crippen LogP) is 0.682. The van der Waals surface area contributed by atoms with Crippen LogP contribution < -0.4 is 10.1 Å². The highest BCUT2D eigenvalue weighted by Gasteiger charge is 2.53. The number of aromatic hydroxyl groups is 1. The molecule has 1 saturated carbocycles. The van der Waals surface area contributed by atoms with Crippen molar-refractivity contribution in [2.45, 2.75) is 79.9 Å². The van der Waals surface area contributed by atoms with E-state index in [4.69, 9.17) is 18.9 Å². The third kappa shape index (κ3) is 6.96. The lowest BCUT2D eigenvalue weighted by Gasteiger charge is -2.41. The number of phenolic OH excluding ortho intramolecular Hbond substituents is 1. The van der Waals surface area contributed by atoms with Crippen molar-refractivity contribution in [1.29, 1.82) is 0 Å². The Labute approximate surface area is 258 Å². The lowest BCUT2D eigenvalue weighted by molar-refractivity contribution is -0.155. The molecule has 5 rings (SSSR count). The number of ether oxygens (including phenoxy) is 4. The number of fused-ring (bicyclic) bond motifs is 1. The zero-order chi connectivity index (χ0) is 31.5. The summed E-state index contributed by atoms with van der Waals surface area (Å²) in [6.45, 7) is 3.17. The molecular weight excluding hydrogens is 594 g/mol. The molecular formula is C31H37NO11S. The Morgan fingerprint density at radius 2 is 1.66 bits per heavy atom. The van der Waals surface area contributed by atoms with Gasteiger partial charge in [-0.1, -0.05) is 30.3 Å². The number of aliphatic hydroxyl groups excluding tert-OH is 5. The van der Waals surface area contributed by atoms with E-state index in [0.717, 1.165) is 10.5 Å². The minimum Gasteiger partial charge on any atom is -0.504 e. The number of hydrogen-bond donors (Lipinski definition) is 7. The SMILES string of the molecule is C/C(=C/CSc1ccccc1)[C@H]1O[C@@H](Oc2ccc(/C=C(\C)C(=O)N[C@@H]3[C@H](O)[C@@H](O)[C@H]4OCO[C@H]4[C@@H]3O)cc2O)[C@@H](O)[C@@H]1O. The number of benzene rings is 2. The van der Waals surface area contributed by atoms with Crippen molar-refractivity contribution in [2.24, 2.45) is 0 Å². The van der Waals surface area contributed by atoms with Crippen LogP contribution >= 0.6 is 11.8 Å². The van der Waals surface area contributed by atoms with E-state index < -0.39 is 67.1 Å². The monoisotopic (exact) mass is 631 g/mol. The molecule has 1 amide bonds. The van der Waals surface area contributed by atoms with Gasteiger partial charge in [0.25, 0.3) is 0 Å². The number of amides is 1. The lowest BCUT2D eigenvalue weighted by Crippen LogP contribution is -2.67. The molecule has 2 aromatic carbocycles. The first-order chi connectivity index (χ1) is 21.0. The van der Waals surface area contributed by atoms with Crippen LogP contribution in [0.5, 0.6) is 11.5 Å². The van der Waals surface area contributed by atoms with Crippen LogP contribution in [0.15, 0.2) is 70.6 Å². The second kappa shape index (κ2) is 14.0. The summed E-state index contributed by atoms with van der Waals surface area (Å²) in [4.78, 5) is 14.0. The Morgan fingerprint density at radius 3 is 2.36 bits per heavy atom. The van der Waals surface area contributed by atoms with E-state index in [1.807, 2.05) is 36.4 Å². The summed E-state index contributed by atoms with van der Waals surface area (Å²) in [5.41, 5.74) is 1.35. The van der Waals surface area contributed by atoms with Crippen LogP contribution in [0.2, 0.25) is 0 Å². The molecule has 0 radical (unpaired) electrons. The summed E-state index contributed by atoms with van der Waals surface area (Å²) in [7, 11) is 0. The Morgan fingerprint density at radius 1 is 0.955 bits per heavy atom. The molecule has 2 heterocycles. The number of carbonyl (C=O) groups excluding carboxylic acids is 1. The van der Waals surface area contributed by atoms with Crippen molar-refractivity contribution in [1.82, 2.24) is 5.32 Å². The van der Waals surface area contributed by atoms with Crippen LogP contribution in [0.1, 0.15) is 19.4 Å². The molecule has 10 atom stereocenters. The van der Waals surface area contributed by atoms with Gasteiger partial charge in [0.15, 0.2) is 11.5 Å². The van der Waals surface area contributed by atoms with Gasteiger partial charge in [-0.05, 0) is 55.3 Å². The first-order valence-corrected chi connectivity index (χ1v) is 15.2. The van der Waals surface area contributed by atoms with Gasteiger partial charge in [0.05, 0.1) is 6.04 Å². The van der Waals surface area contributed by atoms with E-state index in [9.17, 15) is 35.4 Å². The second-order valence-corrected chi connectivity index (χ2v) is 12.1. The predicted molar refractivity (Wildman–Crippen MR) is 159 cm³/mol. The number of carbonyl (C=O) groups is 1. The van der Waals surface area contributed by atoms with Crippen LogP contribution in [-0.4, -0.2) is 110 Å². The van der Waals surface area contributed by atoms with Crippen LogP contribution in [0, 0.1) is 0 Å². The van der Waals surface area contributed by atoms with E-state index in [-0.39, 0.29) is 23.9 Å². The minimum atomic E-state index is -1.48. The Balaban J connectivity index is 1.18. The highest BCUT2D eigenvalue weighted by molar-refractivity contribution is 7.99. The third-order valence-electron chi connectivity index (χ3n) is 7.94. The number of hydrogen-bond acceptors (Lipinski definition) is 12. The quantitative estimate of drug-likeness (QED) is 0.117. The Hall–Kier alpha value is -2.98. The highest BCUT2D eigenvalue weighted by Crippen LogP contribution is 2.34. The Bertz CT molecular complexity index is 1370. The molecule has 2 aliphatic heterocycles. The maximum Gasteiger partial charge on any atom is 0.247 e. The topological polar surface area (TPSA) is 187 Å². The van der Waals surface area contributed by atoms with Crippen molar-refractivity contribution < 1.29 is 54.4 Å². The molecule has 44 heavy (non-hydrogen) atoms. The van der Waals surface area contributed by atoms with Crippen molar-refractivity contribution >= 4 is 23.7 Å². The molecule has 0 unspecified atom stereocenters. The van der Waals surface area contributed by atoms with E-state index in [1.54, 1.807) is 24.8 Å². The summed E-state index contributed by atoms with van der Waals surface area (Å²) in [6.07, 6.45) is -7.19. The number of aliphatic hydroxyl groups is 5. The van der Waals surface area contributed by atoms with Crippen LogP contribution in [0.3, 0.4) is 0 Å². The average molecular weight is 632 g/mol. The standard InChI is InChI=1S/C31H37NO11S/c1-15(10-11-44-18-6-4-3-5-7-18)27-25(37)26(38)31(43-27)42-20-9-8-17(13-19(20)33)12-16(2)30(39)32-21-22(34)24(36)29-28(23(21)35)40-14-41-29/h3-10,12-13,21-29,31,33-38H,11,14H2,1-2H3,(H,32,39)/b15-10-,16-12+/t21-,22+,23-,24-,25+,26+,27-,28+,29-,31-/m1/s1. The maximum atomic E-state index is 12.9. The molecule has 0 spiro atoms. The van der Waals surface area contributed by atoms with Gasteiger partial charge in [-0.2, -0.15) is 0 Å². The van der Waals surface area contributed by atoms with Gasteiger partial charge in [-0.3, -0.25) is 4.79 Å². The van der Waals surface area contributed by atoms with Crippen molar-refractivity contribution in [3.63, 3.8) is 0 Å². The van der Waals surface area contributed by atoms with Gasteiger partial charge < -0.3 is 54.9 Å². The molecule has 0 aromatic heterocycles. The smallest absolute Gasteiger partial charge is 0.247 e. The number of nitrogens with one attached hydrogen (secondary N) is 1. The molecule has 1 aliphatic carbocycles. The van der Waals surface area contributed by atoms with Crippen LogP contribution in [0.25, 0.3) is 6.08 Å². The number of thioether (sulfide) groups is 1. The lowest BCUT2D eigenvalue weighted by atomic mass is 9.83. The van der Waals surface area contributed by atoms with Crippen LogP contribution in [-0.2, 0) is 19.0 Å². The molecule has 7 N–H and O–H groups in total. The number of rotatable bonds is 9. The molecule has 12 nitrogen and oxygen atoms in total. The van der Waals surface area contributed by atoms with Gasteiger partial charge in [0, 0.05) is 16.2 Å². The first-order valence-electron chi connectivity index (χ1n) is 14.2. The minimum absolute atomic E-state index is 0.00167. The van der Waals surface area contributed by atoms with Gasteiger partial charge in [0.2, 0.25) is 12.2 Å². The summed E-state index contributed by atoms with van der Waals surface area (Å²) >= 11 is 1.62. The fraction of sp³-hybridized carbons (Fsp3) is 0.452. The fourth-order valence-electron chi connectivity index (χ4n) is 5.41. The largest absolute Gasteiger partial charge is 0.504 e. The van der Waals surface area contributed by atoms with Crippen molar-refractivity contribution in [3.05, 3.63) is 71.3 Å². The second-order valence-electron chi connectivity index (χ2n) is 11.0. The number of phenols is 1. The van der Waals surface area contributed by atoms with Gasteiger partial charge in [0.1, 0.15) is 55.6 Å². The summed E-state index contributed by atoms with van der Waals surface area (Å²) in [6, 6.07) is 13.0. The molecule has 3 fully saturated rings. The van der Waals surface area contributed by atoms with Gasteiger partial charge in [-0.25, -0.2) is 0 Å². The zero-order valence-corrected chi connectivity index (χ0v) is 24.9.